The van der Waals surface area contributed by atoms with Crippen LogP contribution in [0.4, 0.5) is 0 Å². The summed E-state index contributed by atoms with van der Waals surface area (Å²) in [6, 6.07) is 15.8. The van der Waals surface area contributed by atoms with Crippen molar-refractivity contribution in [2.75, 3.05) is 13.7 Å². The highest BCUT2D eigenvalue weighted by Crippen LogP contribution is 2.46. The molecule has 2 aromatic rings. The molecule has 0 bridgehead atoms. The van der Waals surface area contributed by atoms with E-state index in [1.54, 1.807) is 6.07 Å². The van der Waals surface area contributed by atoms with Crippen molar-refractivity contribution in [2.24, 2.45) is 0 Å². The number of ether oxygens (including phenoxy) is 2. The predicted octanol–water partition coefficient (Wildman–Crippen LogP) is 3.56. The van der Waals surface area contributed by atoms with Gasteiger partial charge in [0.2, 0.25) is 0 Å². The fraction of sp³-hybridized carbons (Fsp3) is 0.278. The molecule has 0 saturated carbocycles. The molecule has 0 radical (unpaired) electrons. The lowest BCUT2D eigenvalue weighted by molar-refractivity contribution is 0.0600. The van der Waals surface area contributed by atoms with Gasteiger partial charge in [-0.2, -0.15) is 0 Å². The molecule has 0 unspecified atom stereocenters. The highest BCUT2D eigenvalue weighted by molar-refractivity contribution is 5.90. The Labute approximate surface area is 124 Å². The van der Waals surface area contributed by atoms with E-state index in [4.69, 9.17) is 9.47 Å². The average Bonchev–Trinajstić information content (AvgIpc) is 2.94. The molecule has 21 heavy (non-hydrogen) atoms. The minimum Gasteiger partial charge on any atom is -0.492 e. The fourth-order valence-corrected chi connectivity index (χ4v) is 3.05. The van der Waals surface area contributed by atoms with Crippen LogP contribution < -0.4 is 4.74 Å². The van der Waals surface area contributed by atoms with Crippen molar-refractivity contribution in [3.8, 4) is 5.75 Å². The lowest BCUT2D eigenvalue weighted by atomic mass is 9.74. The van der Waals surface area contributed by atoms with Gasteiger partial charge in [-0.3, -0.25) is 0 Å². The average molecular weight is 282 g/mol. The van der Waals surface area contributed by atoms with Crippen molar-refractivity contribution in [3.63, 3.8) is 0 Å². The number of fused-ring (bicyclic) bond motifs is 1. The fourth-order valence-electron chi connectivity index (χ4n) is 3.05. The summed E-state index contributed by atoms with van der Waals surface area (Å²) in [5.41, 5.74) is 2.66. The third-order valence-electron chi connectivity index (χ3n) is 4.32. The van der Waals surface area contributed by atoms with Gasteiger partial charge in [0.25, 0.3) is 0 Å². The Bertz CT molecular complexity index is 663. The van der Waals surface area contributed by atoms with Gasteiger partial charge in [0.1, 0.15) is 12.4 Å². The monoisotopic (exact) mass is 282 g/mol. The summed E-state index contributed by atoms with van der Waals surface area (Å²) in [6.45, 7) is 2.75. The van der Waals surface area contributed by atoms with E-state index >= 15 is 0 Å². The lowest BCUT2D eigenvalue weighted by Crippen LogP contribution is -2.28. The molecule has 0 N–H and O–H groups in total. The van der Waals surface area contributed by atoms with Crippen LogP contribution in [-0.4, -0.2) is 19.7 Å². The second kappa shape index (κ2) is 5.24. The maximum atomic E-state index is 11.8. The molecule has 1 aliphatic heterocycles. The van der Waals surface area contributed by atoms with Crippen molar-refractivity contribution in [2.45, 2.75) is 18.8 Å². The molecule has 3 heteroatoms. The summed E-state index contributed by atoms with van der Waals surface area (Å²) in [7, 11) is 1.40. The first-order valence-electron chi connectivity index (χ1n) is 7.12. The van der Waals surface area contributed by atoms with Gasteiger partial charge in [-0.25, -0.2) is 4.79 Å². The van der Waals surface area contributed by atoms with Gasteiger partial charge in [0.05, 0.1) is 18.1 Å². The van der Waals surface area contributed by atoms with E-state index in [2.05, 4.69) is 19.1 Å². The Hall–Kier alpha value is -2.29. The van der Waals surface area contributed by atoms with E-state index in [1.165, 1.54) is 12.7 Å². The minimum absolute atomic E-state index is 0.194. The van der Waals surface area contributed by atoms with Gasteiger partial charge in [0, 0.05) is 5.56 Å². The first-order valence-corrected chi connectivity index (χ1v) is 7.12. The van der Waals surface area contributed by atoms with Gasteiger partial charge in [0.15, 0.2) is 0 Å². The molecule has 1 aliphatic rings. The molecule has 3 nitrogen and oxygen atoms in total. The van der Waals surface area contributed by atoms with Crippen LogP contribution in [0, 0.1) is 0 Å². The molecule has 2 aromatic carbocycles. The molecular weight excluding hydrogens is 264 g/mol. The Morgan fingerprint density at radius 3 is 2.67 bits per heavy atom. The van der Waals surface area contributed by atoms with E-state index < -0.39 is 0 Å². The Morgan fingerprint density at radius 1 is 1.24 bits per heavy atom. The highest BCUT2D eigenvalue weighted by atomic mass is 16.5. The predicted molar refractivity (Wildman–Crippen MR) is 80.8 cm³/mol. The smallest absolute Gasteiger partial charge is 0.337 e. The number of esters is 1. The van der Waals surface area contributed by atoms with E-state index in [9.17, 15) is 4.79 Å². The zero-order valence-electron chi connectivity index (χ0n) is 12.3. The van der Waals surface area contributed by atoms with Crippen LogP contribution in [0.15, 0.2) is 48.5 Å². The zero-order chi connectivity index (χ0) is 14.9. The zero-order valence-corrected chi connectivity index (χ0v) is 12.3. The molecule has 0 aromatic heterocycles. The Kier molecular flexibility index (Phi) is 3.42. The quantitative estimate of drug-likeness (QED) is 0.807. The summed E-state index contributed by atoms with van der Waals surface area (Å²) in [5.74, 6) is 0.538. The normalized spacial score (nSPS) is 19.7. The van der Waals surface area contributed by atoms with E-state index in [1.807, 2.05) is 30.3 Å². The van der Waals surface area contributed by atoms with Gasteiger partial charge in [-0.1, -0.05) is 37.3 Å². The SMILES string of the molecule is CC[C@]1(c2ccccc2)COc2ccc(C(=O)OC)cc21. The van der Waals surface area contributed by atoms with Crippen LogP contribution in [-0.2, 0) is 10.2 Å². The molecule has 0 saturated heterocycles. The van der Waals surface area contributed by atoms with Gasteiger partial charge in [-0.05, 0) is 30.2 Å². The maximum Gasteiger partial charge on any atom is 0.337 e. The van der Waals surface area contributed by atoms with Crippen LogP contribution >= 0.6 is 0 Å². The van der Waals surface area contributed by atoms with Crippen LogP contribution in [0.5, 0.6) is 5.75 Å². The van der Waals surface area contributed by atoms with Gasteiger partial charge >= 0.3 is 5.97 Å². The molecule has 0 amide bonds. The minimum atomic E-state index is -0.317. The van der Waals surface area contributed by atoms with Crippen molar-refractivity contribution >= 4 is 5.97 Å². The van der Waals surface area contributed by atoms with Gasteiger partial charge < -0.3 is 9.47 Å². The van der Waals surface area contributed by atoms with Gasteiger partial charge in [-0.15, -0.1) is 0 Å². The Morgan fingerprint density at radius 2 is 2.00 bits per heavy atom. The molecule has 1 heterocycles. The molecule has 3 rings (SSSR count). The standard InChI is InChI=1S/C18H18O3/c1-3-18(14-7-5-4-6-8-14)12-21-16-10-9-13(11-15(16)18)17(19)20-2/h4-11H,3,12H2,1-2H3/t18-/m1/s1. The van der Waals surface area contributed by atoms with Crippen LogP contribution in [0.25, 0.3) is 0 Å². The van der Waals surface area contributed by atoms with E-state index in [0.717, 1.165) is 17.7 Å². The molecule has 1 atom stereocenters. The van der Waals surface area contributed by atoms with Crippen LogP contribution in [0.1, 0.15) is 34.8 Å². The van der Waals surface area contributed by atoms with E-state index in [0.29, 0.717) is 12.2 Å². The molecule has 0 aliphatic carbocycles. The summed E-state index contributed by atoms with van der Waals surface area (Å²) in [5, 5.41) is 0. The first kappa shape index (κ1) is 13.7. The number of methoxy groups -OCH3 is 1. The molecular formula is C18H18O3. The largest absolute Gasteiger partial charge is 0.492 e. The molecule has 0 spiro atoms. The first-order chi connectivity index (χ1) is 10.2. The second-order valence-electron chi connectivity index (χ2n) is 5.29. The highest BCUT2D eigenvalue weighted by Gasteiger charge is 2.41. The van der Waals surface area contributed by atoms with Crippen molar-refractivity contribution < 1.29 is 14.3 Å². The number of carbonyl (C=O) groups excluding carboxylic acids is 1. The topological polar surface area (TPSA) is 35.5 Å². The van der Waals surface area contributed by atoms with Crippen LogP contribution in [0.2, 0.25) is 0 Å². The number of rotatable bonds is 3. The van der Waals surface area contributed by atoms with Crippen molar-refractivity contribution in [1.82, 2.24) is 0 Å². The molecule has 108 valence electrons. The summed E-state index contributed by atoms with van der Waals surface area (Å²) >= 11 is 0. The third-order valence-corrected chi connectivity index (χ3v) is 4.32. The number of hydrogen-bond donors (Lipinski definition) is 0. The summed E-state index contributed by atoms with van der Waals surface area (Å²) < 4.78 is 10.7. The Balaban J connectivity index is 2.15. The second-order valence-corrected chi connectivity index (χ2v) is 5.29. The summed E-state index contributed by atoms with van der Waals surface area (Å²) in [4.78, 5) is 11.8. The number of hydrogen-bond acceptors (Lipinski definition) is 3. The molecule has 0 fully saturated rings. The number of benzene rings is 2. The van der Waals surface area contributed by atoms with Crippen molar-refractivity contribution in [3.05, 3.63) is 65.2 Å². The lowest BCUT2D eigenvalue weighted by Gasteiger charge is -2.27. The summed E-state index contributed by atoms with van der Waals surface area (Å²) in [6.07, 6.45) is 0.911. The third kappa shape index (κ3) is 2.09. The number of carbonyl (C=O) groups is 1. The van der Waals surface area contributed by atoms with Crippen LogP contribution in [0.3, 0.4) is 0 Å². The van der Waals surface area contributed by atoms with E-state index in [-0.39, 0.29) is 11.4 Å². The van der Waals surface area contributed by atoms with Crippen molar-refractivity contribution in [1.29, 1.82) is 0 Å². The maximum absolute atomic E-state index is 11.8.